The van der Waals surface area contributed by atoms with Crippen LogP contribution in [0, 0.1) is 6.92 Å². The number of hydrogen-bond acceptors (Lipinski definition) is 3. The number of hydrogen-bond donors (Lipinski definition) is 1. The lowest BCUT2D eigenvalue weighted by Crippen LogP contribution is -2.51. The Bertz CT molecular complexity index is 434. The highest BCUT2D eigenvalue weighted by molar-refractivity contribution is 7.11. The van der Waals surface area contributed by atoms with Crippen molar-refractivity contribution in [3.63, 3.8) is 0 Å². The van der Waals surface area contributed by atoms with Crippen molar-refractivity contribution in [2.75, 3.05) is 19.6 Å². The van der Waals surface area contributed by atoms with Crippen LogP contribution < -0.4 is 5.32 Å². The van der Waals surface area contributed by atoms with Crippen LogP contribution in [0.2, 0.25) is 0 Å². The number of nitrogens with one attached hydrogen (secondary N) is 1. The Labute approximate surface area is 127 Å². The third-order valence-electron chi connectivity index (χ3n) is 5.10. The van der Waals surface area contributed by atoms with E-state index in [9.17, 15) is 0 Å². The van der Waals surface area contributed by atoms with Gasteiger partial charge in [0, 0.05) is 27.9 Å². The predicted octanol–water partition coefficient (Wildman–Crippen LogP) is 3.60. The highest BCUT2D eigenvalue weighted by atomic mass is 32.1. The number of aryl methyl sites for hydroxylation is 1. The van der Waals surface area contributed by atoms with Crippen molar-refractivity contribution >= 4 is 11.3 Å². The predicted molar refractivity (Wildman–Crippen MR) is 87.6 cm³/mol. The van der Waals surface area contributed by atoms with E-state index in [2.05, 4.69) is 36.2 Å². The maximum atomic E-state index is 3.87. The fourth-order valence-electron chi connectivity index (χ4n) is 3.94. The SMILES string of the molecule is Cc1ccc(CC(C)N2CCCNC3(CCCC3)C2)s1. The minimum atomic E-state index is 0.441. The van der Waals surface area contributed by atoms with Gasteiger partial charge in [-0.3, -0.25) is 4.90 Å². The zero-order chi connectivity index (χ0) is 14.0. The van der Waals surface area contributed by atoms with Crippen LogP contribution in [0.5, 0.6) is 0 Å². The van der Waals surface area contributed by atoms with Gasteiger partial charge in [-0.2, -0.15) is 0 Å². The van der Waals surface area contributed by atoms with Crippen LogP contribution in [0.4, 0.5) is 0 Å². The Hall–Kier alpha value is -0.380. The number of rotatable bonds is 3. The van der Waals surface area contributed by atoms with Gasteiger partial charge >= 0.3 is 0 Å². The Morgan fingerprint density at radius 2 is 2.10 bits per heavy atom. The Morgan fingerprint density at radius 1 is 1.30 bits per heavy atom. The molecule has 3 rings (SSSR count). The van der Waals surface area contributed by atoms with Crippen molar-refractivity contribution in [1.82, 2.24) is 10.2 Å². The summed E-state index contributed by atoms with van der Waals surface area (Å²) < 4.78 is 0. The third-order valence-corrected chi connectivity index (χ3v) is 6.13. The topological polar surface area (TPSA) is 15.3 Å². The molecular formula is C17H28N2S. The molecule has 2 aliphatic rings. The molecule has 0 bridgehead atoms. The molecule has 1 aromatic rings. The van der Waals surface area contributed by atoms with Crippen molar-refractivity contribution < 1.29 is 0 Å². The molecule has 0 aromatic carbocycles. The molecule has 1 aliphatic heterocycles. The molecular weight excluding hydrogens is 264 g/mol. The van der Waals surface area contributed by atoms with Gasteiger partial charge in [0.1, 0.15) is 0 Å². The van der Waals surface area contributed by atoms with Gasteiger partial charge in [-0.15, -0.1) is 11.3 Å². The van der Waals surface area contributed by atoms with E-state index in [-0.39, 0.29) is 0 Å². The van der Waals surface area contributed by atoms with Crippen LogP contribution >= 0.6 is 11.3 Å². The molecule has 1 aromatic heterocycles. The van der Waals surface area contributed by atoms with E-state index in [1.54, 1.807) is 4.88 Å². The van der Waals surface area contributed by atoms with Crippen LogP contribution in [-0.4, -0.2) is 36.1 Å². The first-order valence-corrected chi connectivity index (χ1v) is 9.03. The van der Waals surface area contributed by atoms with Gasteiger partial charge in [-0.25, -0.2) is 0 Å². The van der Waals surface area contributed by atoms with Crippen molar-refractivity contribution in [3.8, 4) is 0 Å². The molecule has 1 saturated heterocycles. The lowest BCUT2D eigenvalue weighted by molar-refractivity contribution is 0.165. The van der Waals surface area contributed by atoms with Gasteiger partial charge in [0.15, 0.2) is 0 Å². The summed E-state index contributed by atoms with van der Waals surface area (Å²) in [6, 6.07) is 5.25. The summed E-state index contributed by atoms with van der Waals surface area (Å²) in [5.41, 5.74) is 0.441. The van der Waals surface area contributed by atoms with Crippen LogP contribution in [-0.2, 0) is 6.42 Å². The average molecular weight is 292 g/mol. The second kappa shape index (κ2) is 6.17. The largest absolute Gasteiger partial charge is 0.310 e. The van der Waals surface area contributed by atoms with Gasteiger partial charge in [-0.05, 0) is 64.8 Å². The minimum absolute atomic E-state index is 0.441. The van der Waals surface area contributed by atoms with Crippen LogP contribution in [0.1, 0.15) is 48.8 Å². The summed E-state index contributed by atoms with van der Waals surface area (Å²) in [7, 11) is 0. The van der Waals surface area contributed by atoms with Crippen molar-refractivity contribution in [2.45, 2.75) is 64.0 Å². The highest BCUT2D eigenvalue weighted by Crippen LogP contribution is 2.32. The fraction of sp³-hybridized carbons (Fsp3) is 0.765. The number of nitrogens with zero attached hydrogens (tertiary/aromatic N) is 1. The Morgan fingerprint density at radius 3 is 2.80 bits per heavy atom. The molecule has 2 heterocycles. The van der Waals surface area contributed by atoms with Gasteiger partial charge in [-0.1, -0.05) is 12.8 Å². The lowest BCUT2D eigenvalue weighted by Gasteiger charge is -2.36. The van der Waals surface area contributed by atoms with Crippen molar-refractivity contribution in [2.24, 2.45) is 0 Å². The zero-order valence-corrected chi connectivity index (χ0v) is 13.8. The molecule has 3 heteroatoms. The van der Waals surface area contributed by atoms with Gasteiger partial charge in [0.2, 0.25) is 0 Å². The zero-order valence-electron chi connectivity index (χ0n) is 13.0. The van der Waals surface area contributed by atoms with E-state index in [4.69, 9.17) is 0 Å². The molecule has 0 amide bonds. The monoisotopic (exact) mass is 292 g/mol. The molecule has 2 fully saturated rings. The maximum absolute atomic E-state index is 3.87. The van der Waals surface area contributed by atoms with E-state index < -0.39 is 0 Å². The molecule has 0 radical (unpaired) electrons. The van der Waals surface area contributed by atoms with E-state index in [0.717, 1.165) is 0 Å². The van der Waals surface area contributed by atoms with Crippen molar-refractivity contribution in [1.29, 1.82) is 0 Å². The summed E-state index contributed by atoms with van der Waals surface area (Å²) in [4.78, 5) is 5.74. The summed E-state index contributed by atoms with van der Waals surface area (Å²) in [6.07, 6.45) is 8.12. The van der Waals surface area contributed by atoms with E-state index in [1.807, 2.05) is 11.3 Å². The van der Waals surface area contributed by atoms with Gasteiger partial charge in [0.05, 0.1) is 0 Å². The summed E-state index contributed by atoms with van der Waals surface area (Å²) in [5.74, 6) is 0. The summed E-state index contributed by atoms with van der Waals surface area (Å²) >= 11 is 1.97. The van der Waals surface area contributed by atoms with E-state index >= 15 is 0 Å². The van der Waals surface area contributed by atoms with Crippen LogP contribution in [0.25, 0.3) is 0 Å². The Kier molecular flexibility index (Phi) is 4.49. The molecule has 1 saturated carbocycles. The van der Waals surface area contributed by atoms with Crippen molar-refractivity contribution in [3.05, 3.63) is 21.9 Å². The molecule has 112 valence electrons. The molecule has 1 aliphatic carbocycles. The van der Waals surface area contributed by atoms with E-state index in [0.29, 0.717) is 11.6 Å². The van der Waals surface area contributed by atoms with Crippen LogP contribution in [0.15, 0.2) is 12.1 Å². The summed E-state index contributed by atoms with van der Waals surface area (Å²) in [6.45, 7) is 8.37. The number of thiophene rings is 1. The lowest BCUT2D eigenvalue weighted by atomic mass is 9.96. The Balaban J connectivity index is 1.65. The second-order valence-corrected chi connectivity index (χ2v) is 8.18. The highest BCUT2D eigenvalue weighted by Gasteiger charge is 2.37. The molecule has 20 heavy (non-hydrogen) atoms. The molecule has 1 spiro atoms. The van der Waals surface area contributed by atoms with Gasteiger partial charge in [0.25, 0.3) is 0 Å². The first-order chi connectivity index (χ1) is 9.67. The first-order valence-electron chi connectivity index (χ1n) is 8.21. The maximum Gasteiger partial charge on any atom is 0.0308 e. The van der Waals surface area contributed by atoms with Gasteiger partial charge < -0.3 is 5.32 Å². The second-order valence-electron chi connectivity index (χ2n) is 6.80. The van der Waals surface area contributed by atoms with Crippen LogP contribution in [0.3, 0.4) is 0 Å². The third kappa shape index (κ3) is 3.26. The smallest absolute Gasteiger partial charge is 0.0308 e. The van der Waals surface area contributed by atoms with E-state index in [1.165, 1.54) is 63.0 Å². The minimum Gasteiger partial charge on any atom is -0.310 e. The molecule has 1 N–H and O–H groups in total. The molecule has 1 atom stereocenters. The quantitative estimate of drug-likeness (QED) is 0.916. The average Bonchev–Trinajstić information content (AvgIpc) is 2.96. The molecule has 2 nitrogen and oxygen atoms in total. The fourth-order valence-corrected chi connectivity index (χ4v) is 4.95. The summed E-state index contributed by atoms with van der Waals surface area (Å²) in [5, 5.41) is 3.87. The standard InChI is InChI=1S/C17H28N2S/c1-14(12-16-7-6-15(2)20-16)19-11-5-10-18-17(13-19)8-3-4-9-17/h6-7,14,18H,3-5,8-13H2,1-2H3. The first kappa shape index (κ1) is 14.6. The normalized spacial score (nSPS) is 24.9. The molecule has 1 unspecified atom stereocenters.